The van der Waals surface area contributed by atoms with Gasteiger partial charge >= 0.3 is 0 Å². The lowest BCUT2D eigenvalue weighted by Gasteiger charge is -2.41. The number of fused-ring (bicyclic) bond motifs is 4. The lowest BCUT2D eigenvalue weighted by Crippen LogP contribution is -2.59. The summed E-state index contributed by atoms with van der Waals surface area (Å²) < 4.78 is 13.9. The van der Waals surface area contributed by atoms with Gasteiger partial charge in [0.05, 0.1) is 0 Å². The van der Waals surface area contributed by atoms with Gasteiger partial charge in [-0.3, -0.25) is 0 Å². The van der Waals surface area contributed by atoms with Gasteiger partial charge in [0.25, 0.3) is 6.71 Å². The first-order valence-corrected chi connectivity index (χ1v) is 22.0. The summed E-state index contributed by atoms with van der Waals surface area (Å²) in [6.45, 7) is 6.65. The molecular weight excluding hydrogens is 781 g/mol. The van der Waals surface area contributed by atoms with Crippen LogP contribution in [0.5, 0.6) is 23.0 Å². The Morgan fingerprint density at radius 1 is 0.422 bits per heavy atom. The van der Waals surface area contributed by atoms with E-state index < -0.39 is 0 Å². The van der Waals surface area contributed by atoms with E-state index in [1.807, 2.05) is 30.3 Å². The Kier molecular flexibility index (Phi) is 9.77. The Morgan fingerprint density at radius 2 is 0.906 bits per heavy atom. The second-order valence-corrected chi connectivity index (χ2v) is 17.4. The molecular formula is C58H46BN3O2. The maximum atomic E-state index is 7.16. The van der Waals surface area contributed by atoms with Crippen molar-refractivity contribution in [3.8, 4) is 23.0 Å². The first kappa shape index (κ1) is 38.9. The van der Waals surface area contributed by atoms with Crippen LogP contribution in [0, 0.1) is 0 Å². The van der Waals surface area contributed by atoms with Crippen molar-refractivity contribution in [2.45, 2.75) is 26.2 Å². The maximum absolute atomic E-state index is 7.16. The summed E-state index contributed by atoms with van der Waals surface area (Å²) in [5.41, 5.74) is 14.2. The maximum Gasteiger partial charge on any atom is 0.256 e. The van der Waals surface area contributed by atoms with E-state index in [9.17, 15) is 0 Å². The lowest BCUT2D eigenvalue weighted by atomic mass is 9.34. The van der Waals surface area contributed by atoms with Crippen LogP contribution >= 0.6 is 0 Å². The number of ether oxygens (including phenoxy) is 2. The summed E-state index contributed by atoms with van der Waals surface area (Å²) in [4.78, 5) is 7.02. The fraction of sp³-hybridized carbons (Fsp3) is 0.0690. The monoisotopic (exact) mass is 827 g/mol. The van der Waals surface area contributed by atoms with Gasteiger partial charge in [0.2, 0.25) is 0 Å². The topological polar surface area (TPSA) is 28.2 Å². The van der Waals surface area contributed by atoms with E-state index in [0.29, 0.717) is 5.75 Å². The molecule has 5 nitrogen and oxygen atoms in total. The molecule has 0 unspecified atom stereocenters. The molecule has 0 atom stereocenters. The van der Waals surface area contributed by atoms with E-state index in [4.69, 9.17) is 9.47 Å². The van der Waals surface area contributed by atoms with Gasteiger partial charge in [-0.25, -0.2) is 0 Å². The van der Waals surface area contributed by atoms with Crippen molar-refractivity contribution < 1.29 is 9.47 Å². The molecule has 0 fully saturated rings. The van der Waals surface area contributed by atoms with E-state index in [1.165, 1.54) is 11.0 Å². The van der Waals surface area contributed by atoms with Crippen LogP contribution in [0.3, 0.4) is 0 Å². The summed E-state index contributed by atoms with van der Waals surface area (Å²) in [6, 6.07) is 79.2. The predicted octanol–water partition coefficient (Wildman–Crippen LogP) is 14.1. The first-order chi connectivity index (χ1) is 31.4. The molecule has 0 amide bonds. The molecule has 9 aromatic rings. The zero-order valence-electron chi connectivity index (χ0n) is 36.1. The van der Waals surface area contributed by atoms with Crippen molar-refractivity contribution in [3.05, 3.63) is 230 Å². The van der Waals surface area contributed by atoms with Crippen molar-refractivity contribution in [2.75, 3.05) is 14.7 Å². The Balaban J connectivity index is 1.15. The quantitative estimate of drug-likeness (QED) is 0.135. The minimum Gasteiger partial charge on any atom is -0.458 e. The Morgan fingerprint density at radius 3 is 1.42 bits per heavy atom. The number of para-hydroxylation sites is 5. The highest BCUT2D eigenvalue weighted by Gasteiger charge is 2.43. The minimum atomic E-state index is -0.133. The van der Waals surface area contributed by atoms with Gasteiger partial charge in [-0.1, -0.05) is 136 Å². The molecule has 2 aliphatic rings. The highest BCUT2D eigenvalue weighted by molar-refractivity contribution is 6.99. The molecule has 9 aromatic carbocycles. The van der Waals surface area contributed by atoms with Gasteiger partial charge in [-0.2, -0.15) is 0 Å². The van der Waals surface area contributed by atoms with E-state index in [1.54, 1.807) is 0 Å². The fourth-order valence-corrected chi connectivity index (χ4v) is 9.25. The Labute approximate surface area is 376 Å². The largest absolute Gasteiger partial charge is 0.458 e. The number of rotatable bonds is 9. The van der Waals surface area contributed by atoms with Crippen molar-refractivity contribution in [1.29, 1.82) is 0 Å². The molecule has 0 aromatic heterocycles. The number of nitrogens with zero attached hydrogens (tertiary/aromatic N) is 3. The minimum absolute atomic E-state index is 0.00191. The molecule has 0 spiro atoms. The Bertz CT molecular complexity index is 3010. The van der Waals surface area contributed by atoms with Gasteiger partial charge in [0.1, 0.15) is 23.0 Å². The van der Waals surface area contributed by atoms with Crippen molar-refractivity contribution in [3.63, 3.8) is 0 Å². The van der Waals surface area contributed by atoms with Crippen LogP contribution in [-0.2, 0) is 5.41 Å². The zero-order valence-corrected chi connectivity index (χ0v) is 36.1. The Hall–Kier alpha value is -7.96. The highest BCUT2D eigenvalue weighted by atomic mass is 16.5. The molecule has 0 radical (unpaired) electrons. The summed E-state index contributed by atoms with van der Waals surface area (Å²) in [5.74, 6) is 3.03. The van der Waals surface area contributed by atoms with E-state index >= 15 is 0 Å². The van der Waals surface area contributed by atoms with Gasteiger partial charge in [0, 0.05) is 69.4 Å². The van der Waals surface area contributed by atoms with Gasteiger partial charge < -0.3 is 24.2 Å². The number of benzene rings is 9. The average molecular weight is 828 g/mol. The van der Waals surface area contributed by atoms with Crippen LogP contribution in [0.25, 0.3) is 0 Å². The second-order valence-electron chi connectivity index (χ2n) is 17.4. The summed E-state index contributed by atoms with van der Waals surface area (Å²) >= 11 is 0. The smallest absolute Gasteiger partial charge is 0.256 e. The molecule has 64 heavy (non-hydrogen) atoms. The lowest BCUT2D eigenvalue weighted by molar-refractivity contribution is 0.463. The molecule has 2 aliphatic heterocycles. The predicted molar refractivity (Wildman–Crippen MR) is 267 cm³/mol. The van der Waals surface area contributed by atoms with Crippen LogP contribution in [0.15, 0.2) is 224 Å². The molecule has 0 saturated heterocycles. The highest BCUT2D eigenvalue weighted by Crippen LogP contribution is 2.47. The average Bonchev–Trinajstić information content (AvgIpc) is 3.33. The van der Waals surface area contributed by atoms with Crippen LogP contribution in [0.2, 0.25) is 0 Å². The number of hydrogen-bond donors (Lipinski definition) is 0. The SMILES string of the molecule is CC(C)(C)c1ccc(N2c3cc(N(c4ccccc4)c4ccccc4)ccc3B3c4ccc(N(c5ccccc5)c5ccccc5)cc4Oc4cc(Oc5ccccc5)cc2c43)cc1. The first-order valence-electron chi connectivity index (χ1n) is 22.0. The molecule has 0 N–H and O–H groups in total. The summed E-state index contributed by atoms with van der Waals surface area (Å²) in [7, 11) is 0. The van der Waals surface area contributed by atoms with Crippen LogP contribution in [0.4, 0.5) is 51.2 Å². The number of anilines is 9. The summed E-state index contributed by atoms with van der Waals surface area (Å²) in [6.07, 6.45) is 0. The molecule has 2 heterocycles. The number of hydrogen-bond acceptors (Lipinski definition) is 5. The van der Waals surface area contributed by atoms with Gasteiger partial charge in [-0.15, -0.1) is 0 Å². The normalized spacial score (nSPS) is 12.4. The molecule has 0 aliphatic carbocycles. The second kappa shape index (κ2) is 16.1. The van der Waals surface area contributed by atoms with E-state index in [0.717, 1.165) is 79.4 Å². The van der Waals surface area contributed by atoms with Crippen molar-refractivity contribution in [2.24, 2.45) is 0 Å². The van der Waals surface area contributed by atoms with Crippen LogP contribution in [0.1, 0.15) is 26.3 Å². The molecule has 0 saturated carbocycles. The van der Waals surface area contributed by atoms with Crippen molar-refractivity contribution >= 4 is 74.3 Å². The standard InChI is InChI=1S/C58H46BN3O2/c1-58(2,3)41-29-31-46(32-30-41)62-53-37-47(60(42-19-9-4-10-20-42)43-21-11-5-12-22-43)33-35-51(53)59-52-36-34-48(61(44-23-13-6-14-24-44)45-25-15-7-16-26-45)38-55(52)64-56-40-50(39-54(62)57(56)59)63-49-27-17-8-18-28-49/h4-40H,1-3H3. The van der Waals surface area contributed by atoms with Crippen molar-refractivity contribution in [1.82, 2.24) is 0 Å². The fourth-order valence-electron chi connectivity index (χ4n) is 9.25. The molecule has 308 valence electrons. The van der Waals surface area contributed by atoms with Crippen LogP contribution in [-0.4, -0.2) is 6.71 Å². The van der Waals surface area contributed by atoms with E-state index in [-0.39, 0.29) is 12.1 Å². The third kappa shape index (κ3) is 7.13. The third-order valence-electron chi connectivity index (χ3n) is 12.3. The molecule has 11 rings (SSSR count). The molecule has 0 bridgehead atoms. The third-order valence-corrected chi connectivity index (χ3v) is 12.3. The zero-order chi connectivity index (χ0) is 43.2. The van der Waals surface area contributed by atoms with E-state index in [2.05, 4.69) is 230 Å². The van der Waals surface area contributed by atoms with Gasteiger partial charge in [-0.05, 0) is 118 Å². The van der Waals surface area contributed by atoms with Gasteiger partial charge in [0.15, 0.2) is 0 Å². The summed E-state index contributed by atoms with van der Waals surface area (Å²) in [5, 5.41) is 0. The van der Waals surface area contributed by atoms with Crippen LogP contribution < -0.4 is 40.6 Å². The molecule has 6 heteroatoms.